The van der Waals surface area contributed by atoms with Gasteiger partial charge in [-0.15, -0.1) is 0 Å². The summed E-state index contributed by atoms with van der Waals surface area (Å²) in [6, 6.07) is 13.5. The predicted molar refractivity (Wildman–Crippen MR) is 91.8 cm³/mol. The van der Waals surface area contributed by atoms with Crippen molar-refractivity contribution in [3.05, 3.63) is 52.0 Å². The van der Waals surface area contributed by atoms with Crippen molar-refractivity contribution in [3.8, 4) is 11.4 Å². The van der Waals surface area contributed by atoms with Crippen molar-refractivity contribution < 1.29 is 0 Å². The Kier molecular flexibility index (Phi) is 4.08. The lowest BCUT2D eigenvalue weighted by Crippen LogP contribution is -2.03. The topological polar surface area (TPSA) is 37.8 Å². The van der Waals surface area contributed by atoms with Crippen LogP contribution in [-0.2, 0) is 0 Å². The molecule has 0 atom stereocenters. The number of hydrogen-bond acceptors (Lipinski definition) is 3. The molecule has 0 saturated carbocycles. The molecule has 21 heavy (non-hydrogen) atoms. The van der Waals surface area contributed by atoms with Gasteiger partial charge in [0.05, 0.1) is 5.52 Å². The molecule has 5 heteroatoms. The van der Waals surface area contributed by atoms with Crippen LogP contribution in [0.25, 0.3) is 22.3 Å². The van der Waals surface area contributed by atoms with Gasteiger partial charge < -0.3 is 5.32 Å². The average molecular weight is 363 g/mol. The fourth-order valence-corrected chi connectivity index (χ4v) is 2.62. The Balaban J connectivity index is 2.20. The molecule has 3 rings (SSSR count). The van der Waals surface area contributed by atoms with E-state index >= 15 is 0 Å². The number of aromatic nitrogens is 2. The Bertz CT molecular complexity index is 787. The highest BCUT2D eigenvalue weighted by Crippen LogP contribution is 2.27. The van der Waals surface area contributed by atoms with E-state index in [0.29, 0.717) is 10.8 Å². The Morgan fingerprint density at radius 3 is 2.57 bits per heavy atom. The molecule has 0 unspecified atom stereocenters. The van der Waals surface area contributed by atoms with E-state index in [2.05, 4.69) is 31.2 Å². The van der Waals surface area contributed by atoms with Crippen LogP contribution >= 0.6 is 27.5 Å². The van der Waals surface area contributed by atoms with Crippen LogP contribution in [0, 0.1) is 0 Å². The van der Waals surface area contributed by atoms with Crippen LogP contribution in [0.2, 0.25) is 5.02 Å². The van der Waals surface area contributed by atoms with Crippen LogP contribution in [0.5, 0.6) is 0 Å². The first-order chi connectivity index (χ1) is 10.2. The van der Waals surface area contributed by atoms with Crippen LogP contribution in [0.3, 0.4) is 0 Å². The van der Waals surface area contributed by atoms with Crippen molar-refractivity contribution in [1.82, 2.24) is 9.97 Å². The van der Waals surface area contributed by atoms with Crippen molar-refractivity contribution in [1.29, 1.82) is 0 Å². The molecule has 0 spiro atoms. The summed E-state index contributed by atoms with van der Waals surface area (Å²) in [7, 11) is 0. The number of benzene rings is 2. The van der Waals surface area contributed by atoms with E-state index in [1.165, 1.54) is 0 Å². The zero-order valence-corrected chi connectivity index (χ0v) is 13.7. The SMILES string of the molecule is CCNc1nc(-c2ccc(Cl)cc2)nc2ccc(Br)cc12. The number of halogens is 2. The summed E-state index contributed by atoms with van der Waals surface area (Å²) in [5.41, 5.74) is 1.86. The highest BCUT2D eigenvalue weighted by molar-refractivity contribution is 9.10. The van der Waals surface area contributed by atoms with E-state index in [0.717, 1.165) is 33.3 Å². The largest absolute Gasteiger partial charge is 0.370 e. The van der Waals surface area contributed by atoms with Crippen molar-refractivity contribution >= 4 is 44.3 Å². The molecule has 1 aromatic heterocycles. The van der Waals surface area contributed by atoms with E-state index in [-0.39, 0.29) is 0 Å². The molecule has 1 N–H and O–H groups in total. The number of hydrogen-bond donors (Lipinski definition) is 1. The Morgan fingerprint density at radius 1 is 1.10 bits per heavy atom. The number of rotatable bonds is 3. The molecule has 0 amide bonds. The van der Waals surface area contributed by atoms with Gasteiger partial charge in [-0.25, -0.2) is 9.97 Å². The lowest BCUT2D eigenvalue weighted by molar-refractivity contribution is 1.14. The third-order valence-electron chi connectivity index (χ3n) is 3.10. The standard InChI is InChI=1S/C16H13BrClN3/c1-2-19-16-13-9-11(17)5-8-14(13)20-15(21-16)10-3-6-12(18)7-4-10/h3-9H,2H2,1H3,(H,19,20,21). The van der Waals surface area contributed by atoms with Crippen LogP contribution < -0.4 is 5.32 Å². The summed E-state index contributed by atoms with van der Waals surface area (Å²) in [5, 5.41) is 5.01. The minimum atomic E-state index is 0.692. The first-order valence-corrected chi connectivity index (χ1v) is 7.81. The van der Waals surface area contributed by atoms with Crippen LogP contribution in [0.4, 0.5) is 5.82 Å². The molecule has 2 aromatic carbocycles. The fraction of sp³-hybridized carbons (Fsp3) is 0.125. The van der Waals surface area contributed by atoms with Crippen LogP contribution in [-0.4, -0.2) is 16.5 Å². The lowest BCUT2D eigenvalue weighted by Gasteiger charge is -2.10. The first kappa shape index (κ1) is 14.3. The summed E-state index contributed by atoms with van der Waals surface area (Å²) < 4.78 is 1.01. The lowest BCUT2D eigenvalue weighted by atomic mass is 10.2. The van der Waals surface area contributed by atoms with Crippen LogP contribution in [0.15, 0.2) is 46.9 Å². The van der Waals surface area contributed by atoms with Gasteiger partial charge in [0, 0.05) is 27.0 Å². The Morgan fingerprint density at radius 2 is 1.86 bits per heavy atom. The minimum Gasteiger partial charge on any atom is -0.370 e. The van der Waals surface area contributed by atoms with Gasteiger partial charge in [-0.3, -0.25) is 0 Å². The number of nitrogens with one attached hydrogen (secondary N) is 1. The normalized spacial score (nSPS) is 10.8. The van der Waals surface area contributed by atoms with Crippen molar-refractivity contribution in [2.75, 3.05) is 11.9 Å². The molecule has 3 nitrogen and oxygen atoms in total. The van der Waals surface area contributed by atoms with E-state index in [1.807, 2.05) is 49.4 Å². The molecule has 0 aliphatic rings. The molecule has 0 radical (unpaired) electrons. The number of fused-ring (bicyclic) bond motifs is 1. The molecular formula is C16H13BrClN3. The van der Waals surface area contributed by atoms with E-state index in [9.17, 15) is 0 Å². The van der Waals surface area contributed by atoms with E-state index in [1.54, 1.807) is 0 Å². The first-order valence-electron chi connectivity index (χ1n) is 6.64. The van der Waals surface area contributed by atoms with Gasteiger partial charge in [0.2, 0.25) is 0 Å². The van der Waals surface area contributed by atoms with Crippen molar-refractivity contribution in [3.63, 3.8) is 0 Å². The van der Waals surface area contributed by atoms with Gasteiger partial charge in [-0.05, 0) is 49.4 Å². The Hall–Kier alpha value is -1.65. The summed E-state index contributed by atoms with van der Waals surface area (Å²) in [4.78, 5) is 9.29. The maximum absolute atomic E-state index is 5.93. The van der Waals surface area contributed by atoms with E-state index in [4.69, 9.17) is 11.6 Å². The van der Waals surface area contributed by atoms with E-state index < -0.39 is 0 Å². The molecule has 0 bridgehead atoms. The second-order valence-electron chi connectivity index (χ2n) is 4.59. The molecule has 0 aliphatic carbocycles. The molecule has 3 aromatic rings. The minimum absolute atomic E-state index is 0.692. The van der Waals surface area contributed by atoms with Crippen molar-refractivity contribution in [2.45, 2.75) is 6.92 Å². The Labute approximate surface area is 136 Å². The van der Waals surface area contributed by atoms with Gasteiger partial charge in [-0.1, -0.05) is 27.5 Å². The van der Waals surface area contributed by atoms with Crippen molar-refractivity contribution in [2.24, 2.45) is 0 Å². The summed E-state index contributed by atoms with van der Waals surface area (Å²) in [5.74, 6) is 1.53. The zero-order valence-electron chi connectivity index (χ0n) is 11.4. The summed E-state index contributed by atoms with van der Waals surface area (Å²) in [6.45, 7) is 2.85. The predicted octanol–water partition coefficient (Wildman–Crippen LogP) is 5.14. The molecule has 0 saturated heterocycles. The average Bonchev–Trinajstić information content (AvgIpc) is 2.48. The van der Waals surface area contributed by atoms with Gasteiger partial charge in [0.15, 0.2) is 5.82 Å². The van der Waals surface area contributed by atoms with Gasteiger partial charge in [-0.2, -0.15) is 0 Å². The molecule has 106 valence electrons. The third-order valence-corrected chi connectivity index (χ3v) is 3.85. The third kappa shape index (κ3) is 3.01. The zero-order chi connectivity index (χ0) is 14.8. The number of anilines is 1. The maximum Gasteiger partial charge on any atom is 0.162 e. The van der Waals surface area contributed by atoms with Gasteiger partial charge >= 0.3 is 0 Å². The maximum atomic E-state index is 5.93. The van der Waals surface area contributed by atoms with Gasteiger partial charge in [0.1, 0.15) is 5.82 Å². The second kappa shape index (κ2) is 6.00. The molecule has 0 aliphatic heterocycles. The van der Waals surface area contributed by atoms with Gasteiger partial charge in [0.25, 0.3) is 0 Å². The highest BCUT2D eigenvalue weighted by Gasteiger charge is 2.09. The summed E-state index contributed by atoms with van der Waals surface area (Å²) >= 11 is 9.43. The molecular weight excluding hydrogens is 350 g/mol. The highest BCUT2D eigenvalue weighted by atomic mass is 79.9. The molecule has 1 heterocycles. The monoisotopic (exact) mass is 361 g/mol. The fourth-order valence-electron chi connectivity index (χ4n) is 2.13. The quantitative estimate of drug-likeness (QED) is 0.700. The number of nitrogens with zero attached hydrogens (tertiary/aromatic N) is 2. The smallest absolute Gasteiger partial charge is 0.162 e. The summed E-state index contributed by atoms with van der Waals surface area (Å²) in [6.07, 6.45) is 0. The molecule has 0 fully saturated rings. The van der Waals surface area contributed by atoms with Crippen LogP contribution in [0.1, 0.15) is 6.92 Å². The second-order valence-corrected chi connectivity index (χ2v) is 5.95.